The Bertz CT molecular complexity index is 920. The average molecular weight is 396 g/mol. The van der Waals surface area contributed by atoms with Crippen LogP contribution in [0.25, 0.3) is 0 Å². The van der Waals surface area contributed by atoms with E-state index in [0.29, 0.717) is 18.8 Å². The largest absolute Gasteiger partial charge is 0.486 e. The molecule has 0 atom stereocenters. The van der Waals surface area contributed by atoms with E-state index in [4.69, 9.17) is 4.74 Å². The number of nitrogens with zero attached hydrogens (tertiary/aromatic N) is 2. The Morgan fingerprint density at radius 1 is 1.11 bits per heavy atom. The van der Waals surface area contributed by atoms with Crippen molar-refractivity contribution in [2.75, 3.05) is 14.1 Å². The van der Waals surface area contributed by atoms with Gasteiger partial charge < -0.3 is 15.0 Å². The summed E-state index contributed by atoms with van der Waals surface area (Å²) in [6, 6.07) is 16.0. The molecule has 0 aliphatic heterocycles. The number of nitrogens with one attached hydrogen (secondary N) is 1. The molecule has 0 aliphatic rings. The predicted octanol–water partition coefficient (Wildman–Crippen LogP) is 4.02. The van der Waals surface area contributed by atoms with E-state index in [1.54, 1.807) is 5.38 Å². The molecule has 0 unspecified atom stereocenters. The molecule has 6 heteroatoms. The number of rotatable bonds is 8. The fourth-order valence-electron chi connectivity index (χ4n) is 2.75. The van der Waals surface area contributed by atoms with E-state index >= 15 is 0 Å². The molecule has 0 aliphatic carbocycles. The fourth-order valence-corrected chi connectivity index (χ4v) is 3.44. The third-order valence-corrected chi connectivity index (χ3v) is 5.03. The lowest BCUT2D eigenvalue weighted by molar-refractivity contribution is 0.0946. The lowest BCUT2D eigenvalue weighted by Gasteiger charge is -2.14. The second kappa shape index (κ2) is 9.48. The highest BCUT2D eigenvalue weighted by atomic mass is 32.1. The van der Waals surface area contributed by atoms with Gasteiger partial charge in [0.2, 0.25) is 0 Å². The number of thiazole rings is 1. The topological polar surface area (TPSA) is 54.5 Å². The van der Waals surface area contributed by atoms with Gasteiger partial charge in [-0.1, -0.05) is 42.0 Å². The van der Waals surface area contributed by atoms with Gasteiger partial charge in [0.25, 0.3) is 5.91 Å². The minimum absolute atomic E-state index is 0.169. The van der Waals surface area contributed by atoms with Crippen LogP contribution in [0.15, 0.2) is 53.9 Å². The van der Waals surface area contributed by atoms with Crippen LogP contribution in [0.2, 0.25) is 0 Å². The Morgan fingerprint density at radius 3 is 2.54 bits per heavy atom. The highest BCUT2D eigenvalue weighted by Gasteiger charge is 2.12. The number of aromatic nitrogens is 1. The molecule has 0 spiro atoms. The minimum Gasteiger partial charge on any atom is -0.486 e. The van der Waals surface area contributed by atoms with Crippen molar-refractivity contribution in [1.29, 1.82) is 0 Å². The molecule has 0 saturated carbocycles. The molecule has 146 valence electrons. The number of aryl methyl sites for hydroxylation is 1. The SMILES string of the molecule is Cc1ccc(OCc2nc(C(=O)NCc3ccccc3CN(C)C)cs2)cc1. The lowest BCUT2D eigenvalue weighted by atomic mass is 10.1. The zero-order valence-electron chi connectivity index (χ0n) is 16.4. The quantitative estimate of drug-likeness (QED) is 0.626. The van der Waals surface area contributed by atoms with Gasteiger partial charge >= 0.3 is 0 Å². The first-order valence-corrected chi connectivity index (χ1v) is 10.0. The van der Waals surface area contributed by atoms with Crippen LogP contribution in [0, 0.1) is 6.92 Å². The molecule has 1 amide bonds. The predicted molar refractivity (Wildman–Crippen MR) is 113 cm³/mol. The summed E-state index contributed by atoms with van der Waals surface area (Å²) < 4.78 is 5.73. The highest BCUT2D eigenvalue weighted by Crippen LogP contribution is 2.16. The second-order valence-corrected chi connectivity index (χ2v) is 7.86. The summed E-state index contributed by atoms with van der Waals surface area (Å²) in [4.78, 5) is 19.0. The molecule has 5 nitrogen and oxygen atoms in total. The first-order valence-electron chi connectivity index (χ1n) is 9.15. The van der Waals surface area contributed by atoms with E-state index < -0.39 is 0 Å². The van der Waals surface area contributed by atoms with Crippen LogP contribution < -0.4 is 10.1 Å². The van der Waals surface area contributed by atoms with Crippen LogP contribution in [0.4, 0.5) is 0 Å². The number of carbonyl (C=O) groups is 1. The van der Waals surface area contributed by atoms with Crippen molar-refractivity contribution >= 4 is 17.2 Å². The standard InChI is InChI=1S/C22H25N3O2S/c1-16-8-10-19(11-9-16)27-14-21-24-20(15-28-21)22(26)23-12-17-6-4-5-7-18(17)13-25(2)3/h4-11,15H,12-14H2,1-3H3,(H,23,26). The molecule has 2 aromatic carbocycles. The highest BCUT2D eigenvalue weighted by molar-refractivity contribution is 7.09. The summed E-state index contributed by atoms with van der Waals surface area (Å²) in [5.74, 6) is 0.627. The van der Waals surface area contributed by atoms with Crippen LogP contribution in [0.3, 0.4) is 0 Å². The van der Waals surface area contributed by atoms with E-state index in [1.807, 2.05) is 63.5 Å². The van der Waals surface area contributed by atoms with Gasteiger partial charge in [0.1, 0.15) is 23.1 Å². The summed E-state index contributed by atoms with van der Waals surface area (Å²) in [5.41, 5.74) is 3.94. The number of hydrogen-bond acceptors (Lipinski definition) is 5. The summed E-state index contributed by atoms with van der Waals surface area (Å²) in [6.07, 6.45) is 0. The molecule has 0 saturated heterocycles. The third kappa shape index (κ3) is 5.65. The molecule has 28 heavy (non-hydrogen) atoms. The second-order valence-electron chi connectivity index (χ2n) is 6.92. The molecule has 1 aromatic heterocycles. The smallest absolute Gasteiger partial charge is 0.271 e. The average Bonchev–Trinajstić information content (AvgIpc) is 3.15. The van der Waals surface area contributed by atoms with Crippen molar-refractivity contribution < 1.29 is 9.53 Å². The Labute approximate surface area is 170 Å². The van der Waals surface area contributed by atoms with Crippen molar-refractivity contribution in [1.82, 2.24) is 15.2 Å². The molecule has 0 radical (unpaired) electrons. The Hall–Kier alpha value is -2.70. The molecule has 0 bridgehead atoms. The van der Waals surface area contributed by atoms with E-state index in [-0.39, 0.29) is 5.91 Å². The van der Waals surface area contributed by atoms with E-state index in [1.165, 1.54) is 22.5 Å². The lowest BCUT2D eigenvalue weighted by Crippen LogP contribution is -2.24. The van der Waals surface area contributed by atoms with Crippen molar-refractivity contribution in [3.63, 3.8) is 0 Å². The van der Waals surface area contributed by atoms with Gasteiger partial charge in [0.05, 0.1) is 0 Å². The molecular weight excluding hydrogens is 370 g/mol. The fraction of sp³-hybridized carbons (Fsp3) is 0.273. The van der Waals surface area contributed by atoms with Gasteiger partial charge in [-0.2, -0.15) is 0 Å². The number of hydrogen-bond donors (Lipinski definition) is 1. The van der Waals surface area contributed by atoms with Gasteiger partial charge in [0, 0.05) is 18.5 Å². The first kappa shape index (κ1) is 20.0. The Kier molecular flexibility index (Phi) is 6.79. The zero-order valence-corrected chi connectivity index (χ0v) is 17.3. The van der Waals surface area contributed by atoms with E-state index in [2.05, 4.69) is 21.3 Å². The van der Waals surface area contributed by atoms with Crippen molar-refractivity contribution in [3.05, 3.63) is 81.3 Å². The maximum absolute atomic E-state index is 12.5. The monoisotopic (exact) mass is 395 g/mol. The summed E-state index contributed by atoms with van der Waals surface area (Å²) >= 11 is 1.43. The first-order chi connectivity index (χ1) is 13.5. The van der Waals surface area contributed by atoms with Gasteiger partial charge in [-0.25, -0.2) is 4.98 Å². The molecule has 1 N–H and O–H groups in total. The molecule has 3 rings (SSSR count). The minimum atomic E-state index is -0.169. The maximum Gasteiger partial charge on any atom is 0.271 e. The van der Waals surface area contributed by atoms with Crippen molar-refractivity contribution in [2.45, 2.75) is 26.6 Å². The van der Waals surface area contributed by atoms with Crippen LogP contribution in [-0.2, 0) is 19.7 Å². The van der Waals surface area contributed by atoms with Crippen molar-refractivity contribution in [3.8, 4) is 5.75 Å². The van der Waals surface area contributed by atoms with Gasteiger partial charge in [0.15, 0.2) is 0 Å². The van der Waals surface area contributed by atoms with Crippen LogP contribution in [0.1, 0.15) is 32.2 Å². The third-order valence-electron chi connectivity index (χ3n) is 4.21. The van der Waals surface area contributed by atoms with Crippen LogP contribution in [0.5, 0.6) is 5.75 Å². The van der Waals surface area contributed by atoms with Crippen molar-refractivity contribution in [2.24, 2.45) is 0 Å². The van der Waals surface area contributed by atoms with Gasteiger partial charge in [-0.05, 0) is 44.3 Å². The normalized spacial score (nSPS) is 10.9. The summed E-state index contributed by atoms with van der Waals surface area (Å²) in [7, 11) is 4.07. The molecule has 3 aromatic rings. The summed E-state index contributed by atoms with van der Waals surface area (Å²) in [5, 5.41) is 5.52. The Morgan fingerprint density at radius 2 is 1.82 bits per heavy atom. The maximum atomic E-state index is 12.5. The van der Waals surface area contributed by atoms with Crippen LogP contribution in [-0.4, -0.2) is 29.9 Å². The van der Waals surface area contributed by atoms with Crippen LogP contribution >= 0.6 is 11.3 Å². The van der Waals surface area contributed by atoms with Gasteiger partial charge in [-0.15, -0.1) is 11.3 Å². The van der Waals surface area contributed by atoms with Gasteiger partial charge in [-0.3, -0.25) is 4.79 Å². The molecule has 0 fully saturated rings. The van der Waals surface area contributed by atoms with E-state index in [0.717, 1.165) is 22.9 Å². The number of benzene rings is 2. The number of ether oxygens (including phenoxy) is 1. The molecular formula is C22H25N3O2S. The Balaban J connectivity index is 1.55. The number of carbonyl (C=O) groups excluding carboxylic acids is 1. The number of amides is 1. The summed E-state index contributed by atoms with van der Waals surface area (Å²) in [6.45, 7) is 3.71. The zero-order chi connectivity index (χ0) is 19.9. The van der Waals surface area contributed by atoms with E-state index in [9.17, 15) is 4.79 Å². The molecule has 1 heterocycles.